The molecule has 7 heteroatoms. The summed E-state index contributed by atoms with van der Waals surface area (Å²) in [5.74, 6) is 0.717. The van der Waals surface area contributed by atoms with Gasteiger partial charge >= 0.3 is 6.03 Å². The largest absolute Gasteiger partial charge is 0.491 e. The lowest BCUT2D eigenvalue weighted by Crippen LogP contribution is -2.41. The molecule has 0 aromatic heterocycles. The lowest BCUT2D eigenvalue weighted by atomic mass is 10.2. The third kappa shape index (κ3) is 5.35. The summed E-state index contributed by atoms with van der Waals surface area (Å²) in [5, 5.41) is 2.97. The SMILES string of the molecule is Cc1ccc(NC(=O)N2CCCC2COc2ccc(C(=O)N3CCOCC3)cc2)cc1. The van der Waals surface area contributed by atoms with Gasteiger partial charge in [-0.05, 0) is 56.2 Å². The predicted molar refractivity (Wildman–Crippen MR) is 119 cm³/mol. The quantitative estimate of drug-likeness (QED) is 0.799. The number of likely N-dealkylation sites (tertiary alicyclic amines) is 1. The molecule has 0 bridgehead atoms. The van der Waals surface area contributed by atoms with Gasteiger partial charge < -0.3 is 24.6 Å². The van der Waals surface area contributed by atoms with E-state index in [1.807, 2.05) is 53.1 Å². The monoisotopic (exact) mass is 423 g/mol. The van der Waals surface area contributed by atoms with Gasteiger partial charge in [0, 0.05) is 30.9 Å². The van der Waals surface area contributed by atoms with Crippen LogP contribution in [0.25, 0.3) is 0 Å². The summed E-state index contributed by atoms with van der Waals surface area (Å²) < 4.78 is 11.3. The van der Waals surface area contributed by atoms with Crippen LogP contribution >= 0.6 is 0 Å². The third-order valence-electron chi connectivity index (χ3n) is 5.78. The molecule has 2 aromatic carbocycles. The number of carbonyl (C=O) groups excluding carboxylic acids is 2. The second kappa shape index (κ2) is 9.83. The average molecular weight is 424 g/mol. The Morgan fingerprint density at radius 1 is 1.03 bits per heavy atom. The third-order valence-corrected chi connectivity index (χ3v) is 5.78. The highest BCUT2D eigenvalue weighted by Crippen LogP contribution is 2.21. The van der Waals surface area contributed by atoms with Crippen molar-refractivity contribution >= 4 is 17.6 Å². The average Bonchev–Trinajstić information content (AvgIpc) is 3.28. The molecule has 1 atom stereocenters. The Morgan fingerprint density at radius 3 is 2.45 bits per heavy atom. The minimum Gasteiger partial charge on any atom is -0.491 e. The first kappa shape index (κ1) is 21.2. The highest BCUT2D eigenvalue weighted by atomic mass is 16.5. The molecule has 2 heterocycles. The fourth-order valence-electron chi connectivity index (χ4n) is 3.94. The summed E-state index contributed by atoms with van der Waals surface area (Å²) >= 11 is 0. The van der Waals surface area contributed by atoms with Crippen LogP contribution in [-0.4, -0.2) is 67.2 Å². The summed E-state index contributed by atoms with van der Waals surface area (Å²) in [7, 11) is 0. The van der Waals surface area contributed by atoms with Gasteiger partial charge in [0.25, 0.3) is 5.91 Å². The van der Waals surface area contributed by atoms with Crippen molar-refractivity contribution in [2.75, 3.05) is 44.8 Å². The maximum absolute atomic E-state index is 12.7. The number of amides is 3. The molecule has 0 saturated carbocycles. The molecule has 0 spiro atoms. The van der Waals surface area contributed by atoms with Gasteiger partial charge in [-0.2, -0.15) is 0 Å². The minimum absolute atomic E-state index is 0.0181. The molecule has 4 rings (SSSR count). The van der Waals surface area contributed by atoms with Crippen LogP contribution in [0.15, 0.2) is 48.5 Å². The van der Waals surface area contributed by atoms with Gasteiger partial charge in [-0.25, -0.2) is 4.79 Å². The molecule has 2 fully saturated rings. The van der Waals surface area contributed by atoms with E-state index in [1.54, 1.807) is 12.1 Å². The summed E-state index contributed by atoms with van der Waals surface area (Å²) in [6.07, 6.45) is 1.87. The van der Waals surface area contributed by atoms with Crippen molar-refractivity contribution in [1.29, 1.82) is 0 Å². The maximum Gasteiger partial charge on any atom is 0.322 e. The van der Waals surface area contributed by atoms with E-state index in [2.05, 4.69) is 5.32 Å². The van der Waals surface area contributed by atoms with E-state index < -0.39 is 0 Å². The number of aryl methyl sites for hydroxylation is 1. The molecule has 7 nitrogen and oxygen atoms in total. The van der Waals surface area contributed by atoms with Crippen LogP contribution in [0.5, 0.6) is 5.75 Å². The molecule has 2 aliphatic heterocycles. The number of ether oxygens (including phenoxy) is 2. The van der Waals surface area contributed by atoms with Crippen molar-refractivity contribution in [3.05, 3.63) is 59.7 Å². The van der Waals surface area contributed by atoms with Crippen LogP contribution < -0.4 is 10.1 Å². The normalized spacial score (nSPS) is 18.7. The van der Waals surface area contributed by atoms with Crippen LogP contribution in [0.3, 0.4) is 0 Å². The maximum atomic E-state index is 12.7. The second-order valence-corrected chi connectivity index (χ2v) is 8.03. The standard InChI is InChI=1S/C24H29N3O4/c1-18-4-8-20(9-5-18)25-24(29)27-12-2-3-21(27)17-31-22-10-6-19(7-11-22)23(28)26-13-15-30-16-14-26/h4-11,21H,2-3,12-17H2,1H3,(H,25,29). The number of anilines is 1. The molecule has 2 saturated heterocycles. The highest BCUT2D eigenvalue weighted by molar-refractivity contribution is 5.94. The van der Waals surface area contributed by atoms with Gasteiger partial charge in [-0.1, -0.05) is 17.7 Å². The molecule has 2 aliphatic rings. The van der Waals surface area contributed by atoms with Crippen LogP contribution in [0, 0.1) is 6.92 Å². The Kier molecular flexibility index (Phi) is 6.72. The van der Waals surface area contributed by atoms with E-state index in [9.17, 15) is 9.59 Å². The van der Waals surface area contributed by atoms with Crippen molar-refractivity contribution in [2.24, 2.45) is 0 Å². The van der Waals surface area contributed by atoms with Crippen molar-refractivity contribution in [2.45, 2.75) is 25.8 Å². The fraction of sp³-hybridized carbons (Fsp3) is 0.417. The zero-order valence-electron chi connectivity index (χ0n) is 17.9. The van der Waals surface area contributed by atoms with E-state index in [-0.39, 0.29) is 18.0 Å². The lowest BCUT2D eigenvalue weighted by Gasteiger charge is -2.27. The Balaban J connectivity index is 1.30. The Morgan fingerprint density at radius 2 is 1.74 bits per heavy atom. The van der Waals surface area contributed by atoms with Crippen LogP contribution in [0.1, 0.15) is 28.8 Å². The first-order chi connectivity index (χ1) is 15.1. The van der Waals surface area contributed by atoms with Gasteiger partial charge in [0.05, 0.1) is 19.3 Å². The molecule has 1 unspecified atom stereocenters. The van der Waals surface area contributed by atoms with Crippen molar-refractivity contribution in [1.82, 2.24) is 9.80 Å². The molecule has 31 heavy (non-hydrogen) atoms. The Bertz CT molecular complexity index is 892. The zero-order valence-corrected chi connectivity index (χ0v) is 17.9. The number of carbonyl (C=O) groups is 2. The fourth-order valence-corrected chi connectivity index (χ4v) is 3.94. The second-order valence-electron chi connectivity index (χ2n) is 8.03. The Labute approximate surface area is 182 Å². The first-order valence-electron chi connectivity index (χ1n) is 10.8. The Hall–Kier alpha value is -3.06. The van der Waals surface area contributed by atoms with E-state index in [4.69, 9.17) is 9.47 Å². The number of morpholine rings is 1. The minimum atomic E-state index is -0.0959. The van der Waals surface area contributed by atoms with Crippen molar-refractivity contribution < 1.29 is 19.1 Å². The molecule has 164 valence electrons. The molecular weight excluding hydrogens is 394 g/mol. The predicted octanol–water partition coefficient (Wildman–Crippen LogP) is 3.54. The van der Waals surface area contributed by atoms with Gasteiger partial charge in [0.15, 0.2) is 0 Å². The first-order valence-corrected chi connectivity index (χ1v) is 10.8. The van der Waals surface area contributed by atoms with Crippen LogP contribution in [0.2, 0.25) is 0 Å². The van der Waals surface area contributed by atoms with E-state index >= 15 is 0 Å². The molecule has 0 radical (unpaired) electrons. The number of benzene rings is 2. The summed E-state index contributed by atoms with van der Waals surface area (Å²) in [6.45, 7) is 5.59. The highest BCUT2D eigenvalue weighted by Gasteiger charge is 2.29. The number of urea groups is 1. The molecule has 0 aliphatic carbocycles. The van der Waals surface area contributed by atoms with Gasteiger partial charge in [-0.15, -0.1) is 0 Å². The summed E-state index contributed by atoms with van der Waals surface area (Å²) in [6, 6.07) is 14.9. The van der Waals surface area contributed by atoms with Gasteiger partial charge in [0.1, 0.15) is 12.4 Å². The van der Waals surface area contributed by atoms with E-state index in [1.165, 1.54) is 0 Å². The molecule has 1 N–H and O–H groups in total. The number of rotatable bonds is 5. The van der Waals surface area contributed by atoms with E-state index in [0.717, 1.165) is 30.6 Å². The van der Waals surface area contributed by atoms with E-state index in [0.29, 0.717) is 44.2 Å². The van der Waals surface area contributed by atoms with Crippen molar-refractivity contribution in [3.8, 4) is 5.75 Å². The van der Waals surface area contributed by atoms with Crippen LogP contribution in [0.4, 0.5) is 10.5 Å². The smallest absolute Gasteiger partial charge is 0.322 e. The van der Waals surface area contributed by atoms with Crippen LogP contribution in [-0.2, 0) is 4.74 Å². The lowest BCUT2D eigenvalue weighted by molar-refractivity contribution is 0.0303. The number of nitrogens with zero attached hydrogens (tertiary/aromatic N) is 2. The number of nitrogens with one attached hydrogen (secondary N) is 1. The topological polar surface area (TPSA) is 71.1 Å². The molecule has 2 aromatic rings. The van der Waals surface area contributed by atoms with Crippen molar-refractivity contribution in [3.63, 3.8) is 0 Å². The zero-order chi connectivity index (χ0) is 21.6. The number of hydrogen-bond donors (Lipinski definition) is 1. The summed E-state index contributed by atoms with van der Waals surface area (Å²) in [5.41, 5.74) is 2.60. The van der Waals surface area contributed by atoms with Gasteiger partial charge in [0.2, 0.25) is 0 Å². The van der Waals surface area contributed by atoms with Gasteiger partial charge in [-0.3, -0.25) is 4.79 Å². The molecular formula is C24H29N3O4. The summed E-state index contributed by atoms with van der Waals surface area (Å²) in [4.78, 5) is 28.9. The number of hydrogen-bond acceptors (Lipinski definition) is 4. The molecule has 3 amide bonds.